The first kappa shape index (κ1) is 18.7. The molecule has 2 aromatic rings. The summed E-state index contributed by atoms with van der Waals surface area (Å²) in [5.74, 6) is 0.498. The second kappa shape index (κ2) is 8.55. The maximum atomic E-state index is 12.5. The molecule has 3 rings (SSSR count). The number of ether oxygens (including phenoxy) is 1. The second-order valence-corrected chi connectivity index (χ2v) is 7.15. The third kappa shape index (κ3) is 4.19. The van der Waals surface area contributed by atoms with Crippen LogP contribution in [0.4, 0.5) is 0 Å². The first-order valence-corrected chi connectivity index (χ1v) is 9.69. The number of amides is 2. The van der Waals surface area contributed by atoms with E-state index in [-0.39, 0.29) is 11.8 Å². The summed E-state index contributed by atoms with van der Waals surface area (Å²) in [5.41, 5.74) is 1.98. The molecule has 0 aliphatic carbocycles. The lowest BCUT2D eigenvalue weighted by Crippen LogP contribution is -2.50. The van der Waals surface area contributed by atoms with E-state index in [2.05, 4.69) is 9.55 Å². The molecule has 0 unspecified atom stereocenters. The minimum Gasteiger partial charge on any atom is -0.383 e. The summed E-state index contributed by atoms with van der Waals surface area (Å²) in [4.78, 5) is 32.2. The Morgan fingerprint density at radius 1 is 1.15 bits per heavy atom. The lowest BCUT2D eigenvalue weighted by atomic mass is 10.3. The molecule has 2 heterocycles. The molecule has 0 atom stereocenters. The Bertz CT molecular complexity index is 784. The van der Waals surface area contributed by atoms with Gasteiger partial charge in [0.15, 0.2) is 5.16 Å². The van der Waals surface area contributed by atoms with Gasteiger partial charge in [-0.2, -0.15) is 0 Å². The van der Waals surface area contributed by atoms with Crippen LogP contribution in [0.5, 0.6) is 0 Å². The van der Waals surface area contributed by atoms with E-state index in [1.54, 1.807) is 18.9 Å². The van der Waals surface area contributed by atoms with Crippen LogP contribution < -0.4 is 0 Å². The molecule has 7 nitrogen and oxygen atoms in total. The summed E-state index contributed by atoms with van der Waals surface area (Å²) >= 11 is 1.46. The van der Waals surface area contributed by atoms with Crippen molar-refractivity contribution in [3.05, 3.63) is 24.3 Å². The lowest BCUT2D eigenvalue weighted by Gasteiger charge is -2.34. The van der Waals surface area contributed by atoms with Gasteiger partial charge in [-0.3, -0.25) is 9.59 Å². The van der Waals surface area contributed by atoms with Gasteiger partial charge in [0.2, 0.25) is 11.8 Å². The van der Waals surface area contributed by atoms with Crippen LogP contribution in [0, 0.1) is 0 Å². The number of thioether (sulfide) groups is 1. The highest BCUT2D eigenvalue weighted by Gasteiger charge is 2.23. The van der Waals surface area contributed by atoms with Crippen molar-refractivity contribution in [2.45, 2.75) is 18.6 Å². The molecule has 1 aromatic heterocycles. The number of nitrogens with zero attached hydrogens (tertiary/aromatic N) is 4. The number of imidazole rings is 1. The summed E-state index contributed by atoms with van der Waals surface area (Å²) in [6.07, 6.45) is 0. The van der Waals surface area contributed by atoms with Crippen LogP contribution in [0.2, 0.25) is 0 Å². The fourth-order valence-corrected chi connectivity index (χ4v) is 3.99. The fourth-order valence-electron chi connectivity index (χ4n) is 3.05. The van der Waals surface area contributed by atoms with Gasteiger partial charge in [-0.15, -0.1) is 0 Å². The van der Waals surface area contributed by atoms with E-state index in [1.165, 1.54) is 11.8 Å². The van der Waals surface area contributed by atoms with Crippen molar-refractivity contribution in [2.75, 3.05) is 45.6 Å². The molecule has 26 heavy (non-hydrogen) atoms. The minimum absolute atomic E-state index is 0.0679. The average Bonchev–Trinajstić information content (AvgIpc) is 3.02. The molecule has 0 N–H and O–H groups in total. The molecular weight excluding hydrogens is 352 g/mol. The second-order valence-electron chi connectivity index (χ2n) is 6.20. The molecule has 0 radical (unpaired) electrons. The smallest absolute Gasteiger partial charge is 0.233 e. The molecule has 0 spiro atoms. The van der Waals surface area contributed by atoms with Crippen LogP contribution in [0.1, 0.15) is 6.92 Å². The largest absolute Gasteiger partial charge is 0.383 e. The van der Waals surface area contributed by atoms with Crippen LogP contribution in [0.15, 0.2) is 29.4 Å². The van der Waals surface area contributed by atoms with Crippen LogP contribution in [0.25, 0.3) is 11.0 Å². The molecule has 2 amide bonds. The lowest BCUT2D eigenvalue weighted by molar-refractivity contribution is -0.136. The van der Waals surface area contributed by atoms with Crippen molar-refractivity contribution in [1.29, 1.82) is 0 Å². The van der Waals surface area contributed by atoms with Gasteiger partial charge in [-0.05, 0) is 12.1 Å². The van der Waals surface area contributed by atoms with Crippen molar-refractivity contribution < 1.29 is 14.3 Å². The number of hydrogen-bond donors (Lipinski definition) is 0. The van der Waals surface area contributed by atoms with Gasteiger partial charge in [0.1, 0.15) is 0 Å². The number of piperazine rings is 1. The Labute approximate surface area is 157 Å². The Kier molecular flexibility index (Phi) is 6.16. The van der Waals surface area contributed by atoms with Gasteiger partial charge in [0.05, 0.1) is 23.4 Å². The fraction of sp³-hybridized carbons (Fsp3) is 0.500. The molecule has 1 aromatic carbocycles. The first-order valence-electron chi connectivity index (χ1n) is 8.70. The van der Waals surface area contributed by atoms with Gasteiger partial charge in [-0.25, -0.2) is 4.98 Å². The number of hydrogen-bond acceptors (Lipinski definition) is 5. The number of para-hydroxylation sites is 2. The molecule has 8 heteroatoms. The normalized spacial score (nSPS) is 14.8. The predicted octanol–water partition coefficient (Wildman–Crippen LogP) is 1.47. The van der Waals surface area contributed by atoms with Gasteiger partial charge in [0, 0.05) is 46.8 Å². The van der Waals surface area contributed by atoms with E-state index in [0.717, 1.165) is 16.2 Å². The zero-order valence-corrected chi connectivity index (χ0v) is 16.0. The van der Waals surface area contributed by atoms with E-state index < -0.39 is 0 Å². The molecule has 0 bridgehead atoms. The topological polar surface area (TPSA) is 67.7 Å². The van der Waals surface area contributed by atoms with Crippen LogP contribution in [0.3, 0.4) is 0 Å². The summed E-state index contributed by atoms with van der Waals surface area (Å²) in [7, 11) is 1.68. The zero-order chi connectivity index (χ0) is 18.5. The third-order valence-electron chi connectivity index (χ3n) is 4.54. The van der Waals surface area contributed by atoms with Crippen molar-refractivity contribution in [3.63, 3.8) is 0 Å². The number of carbonyl (C=O) groups excluding carboxylic acids is 2. The quantitative estimate of drug-likeness (QED) is 0.714. The van der Waals surface area contributed by atoms with Gasteiger partial charge in [0.25, 0.3) is 0 Å². The summed E-state index contributed by atoms with van der Waals surface area (Å²) in [6.45, 7) is 5.27. The number of benzene rings is 1. The molecule has 1 saturated heterocycles. The molecule has 1 aliphatic heterocycles. The monoisotopic (exact) mass is 376 g/mol. The summed E-state index contributed by atoms with van der Waals surface area (Å²) in [5, 5.41) is 0.832. The van der Waals surface area contributed by atoms with Crippen LogP contribution in [-0.4, -0.2) is 76.8 Å². The SMILES string of the molecule is COCCn1c(SCC(=O)N2CCN(C(C)=O)CC2)nc2ccccc21. The van der Waals surface area contributed by atoms with Crippen molar-refractivity contribution in [1.82, 2.24) is 19.4 Å². The Hall–Kier alpha value is -2.06. The van der Waals surface area contributed by atoms with E-state index >= 15 is 0 Å². The maximum Gasteiger partial charge on any atom is 0.233 e. The van der Waals surface area contributed by atoms with Crippen molar-refractivity contribution >= 4 is 34.6 Å². The number of aromatic nitrogens is 2. The Balaban J connectivity index is 1.64. The first-order chi connectivity index (χ1) is 12.6. The molecule has 140 valence electrons. The van der Waals surface area contributed by atoms with Gasteiger partial charge < -0.3 is 19.1 Å². The Morgan fingerprint density at radius 2 is 1.85 bits per heavy atom. The summed E-state index contributed by atoms with van der Waals surface area (Å²) < 4.78 is 7.31. The van der Waals surface area contributed by atoms with E-state index in [0.29, 0.717) is 45.1 Å². The number of fused-ring (bicyclic) bond motifs is 1. The highest BCUT2D eigenvalue weighted by molar-refractivity contribution is 7.99. The highest BCUT2D eigenvalue weighted by atomic mass is 32.2. The van der Waals surface area contributed by atoms with E-state index in [4.69, 9.17) is 4.74 Å². The van der Waals surface area contributed by atoms with E-state index in [9.17, 15) is 9.59 Å². The van der Waals surface area contributed by atoms with Crippen molar-refractivity contribution in [3.8, 4) is 0 Å². The highest BCUT2D eigenvalue weighted by Crippen LogP contribution is 2.24. The van der Waals surface area contributed by atoms with Crippen LogP contribution >= 0.6 is 11.8 Å². The number of carbonyl (C=O) groups is 2. The zero-order valence-electron chi connectivity index (χ0n) is 15.2. The van der Waals surface area contributed by atoms with Gasteiger partial charge in [-0.1, -0.05) is 23.9 Å². The average molecular weight is 376 g/mol. The summed E-state index contributed by atoms with van der Waals surface area (Å²) in [6, 6.07) is 7.96. The predicted molar refractivity (Wildman–Crippen MR) is 101 cm³/mol. The van der Waals surface area contributed by atoms with E-state index in [1.807, 2.05) is 29.2 Å². The number of methoxy groups -OCH3 is 1. The molecule has 1 fully saturated rings. The molecule has 0 saturated carbocycles. The minimum atomic E-state index is 0.0679. The standard InChI is InChI=1S/C18H24N4O3S/c1-14(23)20-7-9-21(10-8-20)17(24)13-26-18-19-15-5-3-4-6-16(15)22(18)11-12-25-2/h3-6H,7-13H2,1-2H3. The molecule has 1 aliphatic rings. The van der Waals surface area contributed by atoms with Crippen molar-refractivity contribution in [2.24, 2.45) is 0 Å². The van der Waals surface area contributed by atoms with Gasteiger partial charge >= 0.3 is 0 Å². The van der Waals surface area contributed by atoms with Crippen LogP contribution in [-0.2, 0) is 20.9 Å². The maximum absolute atomic E-state index is 12.5. The molecular formula is C18H24N4O3S. The Morgan fingerprint density at radius 3 is 2.54 bits per heavy atom. The number of rotatable bonds is 6. The third-order valence-corrected chi connectivity index (χ3v) is 5.50.